The number of carbonyl (C=O) groups excluding carboxylic acids is 1. The van der Waals surface area contributed by atoms with Crippen molar-refractivity contribution in [1.29, 1.82) is 0 Å². The zero-order valence-electron chi connectivity index (χ0n) is 14.5. The van der Waals surface area contributed by atoms with E-state index in [9.17, 15) is 4.79 Å². The molecular formula is C21H16ClN3O2. The Hall–Kier alpha value is -3.31. The van der Waals surface area contributed by atoms with Crippen LogP contribution in [0.1, 0.15) is 10.4 Å². The molecule has 2 aromatic heterocycles. The molecule has 2 aromatic carbocycles. The Morgan fingerprint density at radius 2 is 1.93 bits per heavy atom. The molecule has 0 fully saturated rings. The molecule has 0 atom stereocenters. The number of hydrogen-bond donors (Lipinski definition) is 1. The first kappa shape index (κ1) is 17.1. The van der Waals surface area contributed by atoms with Crippen LogP contribution in [-0.4, -0.2) is 22.4 Å². The molecule has 1 N–H and O–H groups in total. The number of ether oxygens (including phenoxy) is 1. The Morgan fingerprint density at radius 3 is 2.70 bits per heavy atom. The second-order valence-electron chi connectivity index (χ2n) is 5.97. The molecule has 0 radical (unpaired) electrons. The number of carbonyl (C=O) groups is 1. The van der Waals surface area contributed by atoms with Crippen molar-refractivity contribution < 1.29 is 9.53 Å². The highest BCUT2D eigenvalue weighted by molar-refractivity contribution is 6.31. The van der Waals surface area contributed by atoms with Crippen LogP contribution in [0.4, 0.5) is 5.69 Å². The maximum absolute atomic E-state index is 12.7. The van der Waals surface area contributed by atoms with E-state index in [0.717, 1.165) is 11.3 Å². The number of anilines is 1. The van der Waals surface area contributed by atoms with E-state index in [2.05, 4.69) is 10.3 Å². The molecular weight excluding hydrogens is 362 g/mol. The minimum Gasteiger partial charge on any atom is -0.495 e. The first-order valence-corrected chi connectivity index (χ1v) is 8.71. The molecule has 0 saturated carbocycles. The van der Waals surface area contributed by atoms with E-state index in [1.54, 1.807) is 37.4 Å². The summed E-state index contributed by atoms with van der Waals surface area (Å²) < 4.78 is 7.16. The second-order valence-corrected chi connectivity index (χ2v) is 6.41. The SMILES string of the molecule is COc1ccc(Cl)cc1NC(=O)c1ccn2cc(-c3ccccc3)nc2c1. The van der Waals surface area contributed by atoms with Gasteiger partial charge in [0, 0.05) is 28.5 Å². The number of amides is 1. The van der Waals surface area contributed by atoms with Gasteiger partial charge in [0.1, 0.15) is 11.4 Å². The molecule has 1 amide bonds. The molecule has 6 heteroatoms. The lowest BCUT2D eigenvalue weighted by Gasteiger charge is -2.10. The summed E-state index contributed by atoms with van der Waals surface area (Å²) in [7, 11) is 1.54. The summed E-state index contributed by atoms with van der Waals surface area (Å²) in [4.78, 5) is 17.3. The quantitative estimate of drug-likeness (QED) is 0.549. The minimum absolute atomic E-state index is 0.262. The van der Waals surface area contributed by atoms with Gasteiger partial charge in [0.15, 0.2) is 0 Å². The van der Waals surface area contributed by atoms with Gasteiger partial charge in [-0.15, -0.1) is 0 Å². The zero-order chi connectivity index (χ0) is 18.8. The monoisotopic (exact) mass is 377 g/mol. The van der Waals surface area contributed by atoms with Crippen LogP contribution in [0.3, 0.4) is 0 Å². The van der Waals surface area contributed by atoms with Crippen LogP contribution in [0, 0.1) is 0 Å². The van der Waals surface area contributed by atoms with Gasteiger partial charge in [0.2, 0.25) is 0 Å². The lowest BCUT2D eigenvalue weighted by atomic mass is 10.2. The first-order chi connectivity index (χ1) is 13.1. The van der Waals surface area contributed by atoms with Crippen LogP contribution in [0.2, 0.25) is 5.02 Å². The maximum atomic E-state index is 12.7. The lowest BCUT2D eigenvalue weighted by molar-refractivity contribution is 0.102. The molecule has 0 bridgehead atoms. The number of aromatic nitrogens is 2. The summed E-state index contributed by atoms with van der Waals surface area (Å²) in [5, 5.41) is 3.35. The molecule has 4 rings (SSSR count). The molecule has 134 valence electrons. The van der Waals surface area contributed by atoms with Crippen molar-refractivity contribution in [3.8, 4) is 17.0 Å². The van der Waals surface area contributed by atoms with Crippen LogP contribution in [0.15, 0.2) is 73.1 Å². The topological polar surface area (TPSA) is 55.6 Å². The van der Waals surface area contributed by atoms with Crippen molar-refractivity contribution in [3.05, 3.63) is 83.6 Å². The number of halogens is 1. The second kappa shape index (κ2) is 7.13. The number of imidazole rings is 1. The molecule has 0 unspecified atom stereocenters. The number of methoxy groups -OCH3 is 1. The molecule has 2 heterocycles. The maximum Gasteiger partial charge on any atom is 0.255 e. The van der Waals surface area contributed by atoms with Gasteiger partial charge in [-0.2, -0.15) is 0 Å². The van der Waals surface area contributed by atoms with E-state index >= 15 is 0 Å². The standard InChI is InChI=1S/C21H16ClN3O2/c1-27-19-8-7-16(22)12-17(19)24-21(26)15-9-10-25-13-18(23-20(25)11-15)14-5-3-2-4-6-14/h2-13H,1H3,(H,24,26). The Morgan fingerprint density at radius 1 is 1.11 bits per heavy atom. The van der Waals surface area contributed by atoms with E-state index in [0.29, 0.717) is 27.7 Å². The van der Waals surface area contributed by atoms with E-state index in [1.165, 1.54) is 0 Å². The molecule has 0 spiro atoms. The van der Waals surface area contributed by atoms with Gasteiger partial charge in [0.25, 0.3) is 5.91 Å². The smallest absolute Gasteiger partial charge is 0.255 e. The predicted molar refractivity (Wildman–Crippen MR) is 107 cm³/mol. The fraction of sp³-hybridized carbons (Fsp3) is 0.0476. The van der Waals surface area contributed by atoms with Gasteiger partial charge in [-0.3, -0.25) is 4.79 Å². The number of nitrogens with one attached hydrogen (secondary N) is 1. The number of benzene rings is 2. The molecule has 5 nitrogen and oxygen atoms in total. The highest BCUT2D eigenvalue weighted by Gasteiger charge is 2.12. The van der Waals surface area contributed by atoms with Crippen molar-refractivity contribution in [2.75, 3.05) is 12.4 Å². The highest BCUT2D eigenvalue weighted by Crippen LogP contribution is 2.28. The van der Waals surface area contributed by atoms with Gasteiger partial charge in [-0.1, -0.05) is 41.9 Å². The number of nitrogens with zero attached hydrogens (tertiary/aromatic N) is 2. The minimum atomic E-state index is -0.262. The number of fused-ring (bicyclic) bond motifs is 1. The third kappa shape index (κ3) is 3.50. The van der Waals surface area contributed by atoms with Crippen molar-refractivity contribution in [2.45, 2.75) is 0 Å². The average molecular weight is 378 g/mol. The van der Waals surface area contributed by atoms with E-state index in [4.69, 9.17) is 16.3 Å². The Bertz CT molecular complexity index is 1120. The van der Waals surface area contributed by atoms with Crippen molar-refractivity contribution >= 4 is 28.8 Å². The van der Waals surface area contributed by atoms with Crippen molar-refractivity contribution in [1.82, 2.24) is 9.38 Å². The molecule has 0 aliphatic carbocycles. The Balaban J connectivity index is 1.64. The van der Waals surface area contributed by atoms with Crippen LogP contribution >= 0.6 is 11.6 Å². The van der Waals surface area contributed by atoms with Gasteiger partial charge in [-0.25, -0.2) is 4.98 Å². The summed E-state index contributed by atoms with van der Waals surface area (Å²) in [6.45, 7) is 0. The number of rotatable bonds is 4. The third-order valence-electron chi connectivity index (χ3n) is 4.20. The zero-order valence-corrected chi connectivity index (χ0v) is 15.3. The molecule has 0 saturated heterocycles. The van der Waals surface area contributed by atoms with E-state index < -0.39 is 0 Å². The lowest BCUT2D eigenvalue weighted by Crippen LogP contribution is -2.13. The van der Waals surface area contributed by atoms with Gasteiger partial charge in [0.05, 0.1) is 18.5 Å². The summed E-state index contributed by atoms with van der Waals surface area (Å²) in [5.74, 6) is 0.281. The predicted octanol–water partition coefficient (Wildman–Crippen LogP) is 4.92. The fourth-order valence-corrected chi connectivity index (χ4v) is 3.02. The normalized spacial score (nSPS) is 10.7. The van der Waals surface area contributed by atoms with E-state index in [1.807, 2.05) is 47.1 Å². The highest BCUT2D eigenvalue weighted by atomic mass is 35.5. The molecule has 0 aliphatic rings. The van der Waals surface area contributed by atoms with Gasteiger partial charge < -0.3 is 14.5 Å². The van der Waals surface area contributed by atoms with Crippen molar-refractivity contribution in [3.63, 3.8) is 0 Å². The van der Waals surface area contributed by atoms with Gasteiger partial charge in [-0.05, 0) is 30.3 Å². The number of pyridine rings is 1. The molecule has 4 aromatic rings. The largest absolute Gasteiger partial charge is 0.495 e. The van der Waals surface area contributed by atoms with E-state index in [-0.39, 0.29) is 5.91 Å². The summed E-state index contributed by atoms with van der Waals surface area (Å²) >= 11 is 6.02. The van der Waals surface area contributed by atoms with Gasteiger partial charge >= 0.3 is 0 Å². The average Bonchev–Trinajstić information content (AvgIpc) is 3.12. The summed E-state index contributed by atoms with van der Waals surface area (Å²) in [6, 6.07) is 18.5. The molecule has 0 aliphatic heterocycles. The third-order valence-corrected chi connectivity index (χ3v) is 4.44. The Labute approximate surface area is 161 Å². The Kier molecular flexibility index (Phi) is 4.52. The molecule has 27 heavy (non-hydrogen) atoms. The van der Waals surface area contributed by atoms with Crippen LogP contribution in [0.5, 0.6) is 5.75 Å². The first-order valence-electron chi connectivity index (χ1n) is 8.33. The fourth-order valence-electron chi connectivity index (χ4n) is 2.84. The van der Waals surface area contributed by atoms with Crippen LogP contribution in [-0.2, 0) is 0 Å². The van der Waals surface area contributed by atoms with Crippen LogP contribution < -0.4 is 10.1 Å². The van der Waals surface area contributed by atoms with Crippen molar-refractivity contribution in [2.24, 2.45) is 0 Å². The number of hydrogen-bond acceptors (Lipinski definition) is 3. The van der Waals surface area contributed by atoms with Crippen LogP contribution in [0.25, 0.3) is 16.9 Å². The summed E-state index contributed by atoms with van der Waals surface area (Å²) in [6.07, 6.45) is 3.76. The summed E-state index contributed by atoms with van der Waals surface area (Å²) in [5.41, 5.74) is 3.58.